The van der Waals surface area contributed by atoms with Gasteiger partial charge in [-0.05, 0) is 115 Å². The van der Waals surface area contributed by atoms with Gasteiger partial charge < -0.3 is 10.2 Å². The predicted octanol–water partition coefficient (Wildman–Crippen LogP) is 5.83. The number of hydrogen-bond donors (Lipinski definition) is 2. The highest BCUT2D eigenvalue weighted by atomic mass is 16.3. The maximum atomic E-state index is 10.5. The highest BCUT2D eigenvalue weighted by molar-refractivity contribution is 5.20. The molecule has 0 amide bonds. The number of fused-ring (bicyclic) bond motifs is 7. The monoisotopic (exact) mass is 400 g/mol. The van der Waals surface area contributed by atoms with Crippen LogP contribution in [0, 0.1) is 57.7 Å². The van der Waals surface area contributed by atoms with Gasteiger partial charge in [-0.25, -0.2) is 0 Å². The molecule has 4 saturated carbocycles. The van der Waals surface area contributed by atoms with Gasteiger partial charge in [-0.2, -0.15) is 0 Å². The Morgan fingerprint density at radius 3 is 2.38 bits per heavy atom. The van der Waals surface area contributed by atoms with Crippen molar-refractivity contribution in [2.24, 2.45) is 57.7 Å². The minimum absolute atomic E-state index is 0.181. The average Bonchev–Trinajstić information content (AvgIpc) is 2.72. The third-order valence-electron chi connectivity index (χ3n) is 11.2. The van der Waals surface area contributed by atoms with Crippen LogP contribution in [0.2, 0.25) is 0 Å². The van der Waals surface area contributed by atoms with E-state index in [-0.39, 0.29) is 5.41 Å². The minimum Gasteiger partial charge on any atom is -0.396 e. The standard InChI is InChI=1S/C27H44O2/c1-25(2)11-13-27(17-29)14-12-26(3)22-9-7-19-18(16-28)5-4-6-20(19)21(22)8-10-23(26)24(27)15-25/h8,10,18-24,28-29H,4-7,9,11-17H2,1-3H3/t18?,19-,20?,21+,22?,23?,24?,26-,27?/m0/s1. The summed E-state index contributed by atoms with van der Waals surface area (Å²) in [5, 5.41) is 20.5. The number of aliphatic hydroxyl groups excluding tert-OH is 2. The lowest BCUT2D eigenvalue weighted by atomic mass is 9.40. The molecule has 164 valence electrons. The molecule has 4 fully saturated rings. The number of aliphatic hydroxyl groups is 2. The third-order valence-corrected chi connectivity index (χ3v) is 11.2. The van der Waals surface area contributed by atoms with E-state index >= 15 is 0 Å². The molecule has 5 aliphatic rings. The molecule has 6 unspecified atom stereocenters. The first-order chi connectivity index (χ1) is 13.8. The van der Waals surface area contributed by atoms with Gasteiger partial charge in [0.1, 0.15) is 0 Å². The fraction of sp³-hybridized carbons (Fsp3) is 0.926. The number of rotatable bonds is 2. The molecule has 0 spiro atoms. The second kappa shape index (κ2) is 7.09. The Hall–Kier alpha value is -0.340. The zero-order chi connectivity index (χ0) is 20.4. The Labute approximate surface area is 178 Å². The molecular weight excluding hydrogens is 356 g/mol. The number of allylic oxidation sites excluding steroid dienone is 2. The molecule has 29 heavy (non-hydrogen) atoms. The summed E-state index contributed by atoms with van der Waals surface area (Å²) in [7, 11) is 0. The molecule has 9 atom stereocenters. The van der Waals surface area contributed by atoms with Crippen molar-refractivity contribution in [3.8, 4) is 0 Å². The van der Waals surface area contributed by atoms with Crippen molar-refractivity contribution in [1.29, 1.82) is 0 Å². The molecule has 0 bridgehead atoms. The van der Waals surface area contributed by atoms with Crippen molar-refractivity contribution < 1.29 is 10.2 Å². The van der Waals surface area contributed by atoms with Crippen molar-refractivity contribution in [3.05, 3.63) is 12.2 Å². The normalized spacial score (nSPS) is 53.3. The van der Waals surface area contributed by atoms with E-state index in [2.05, 4.69) is 32.9 Å². The second-order valence-corrected chi connectivity index (χ2v) is 12.9. The molecule has 2 nitrogen and oxygen atoms in total. The van der Waals surface area contributed by atoms with E-state index in [9.17, 15) is 10.2 Å². The smallest absolute Gasteiger partial charge is 0.0490 e. The van der Waals surface area contributed by atoms with Gasteiger partial charge in [0.2, 0.25) is 0 Å². The Bertz CT molecular complexity index is 653. The van der Waals surface area contributed by atoms with Crippen LogP contribution < -0.4 is 0 Å². The Morgan fingerprint density at radius 1 is 0.828 bits per heavy atom. The summed E-state index contributed by atoms with van der Waals surface area (Å²) in [5.41, 5.74) is 1.01. The summed E-state index contributed by atoms with van der Waals surface area (Å²) in [5.74, 6) is 4.98. The molecule has 0 radical (unpaired) electrons. The first-order valence-electron chi connectivity index (χ1n) is 12.7. The van der Waals surface area contributed by atoms with Gasteiger partial charge >= 0.3 is 0 Å². The molecule has 0 aromatic rings. The van der Waals surface area contributed by atoms with Crippen LogP contribution in [0.4, 0.5) is 0 Å². The summed E-state index contributed by atoms with van der Waals surface area (Å²) >= 11 is 0. The Morgan fingerprint density at radius 2 is 1.62 bits per heavy atom. The molecule has 0 aliphatic heterocycles. The molecule has 0 heterocycles. The molecule has 5 aliphatic carbocycles. The van der Waals surface area contributed by atoms with E-state index in [1.54, 1.807) is 0 Å². The number of hydrogen-bond acceptors (Lipinski definition) is 2. The van der Waals surface area contributed by atoms with Gasteiger partial charge in [0.15, 0.2) is 0 Å². The molecule has 2 heteroatoms. The lowest BCUT2D eigenvalue weighted by Crippen LogP contribution is -2.58. The molecule has 0 saturated heterocycles. The molecule has 5 rings (SSSR count). The Balaban J connectivity index is 1.48. The maximum absolute atomic E-state index is 10.5. The summed E-state index contributed by atoms with van der Waals surface area (Å²) in [6, 6.07) is 0. The SMILES string of the molecule is CC1(C)CCC2(CO)CC[C@]3(C)C(C=C[C@@H]4C5CCCC(CO)[C@@H]5CCC43)C2C1. The van der Waals surface area contributed by atoms with Crippen molar-refractivity contribution in [2.45, 2.75) is 85.0 Å². The summed E-state index contributed by atoms with van der Waals surface area (Å²) in [6.45, 7) is 8.34. The van der Waals surface area contributed by atoms with Crippen LogP contribution in [0.5, 0.6) is 0 Å². The molecule has 0 aromatic carbocycles. The lowest BCUT2D eigenvalue weighted by molar-refractivity contribution is -0.148. The van der Waals surface area contributed by atoms with Crippen LogP contribution >= 0.6 is 0 Å². The summed E-state index contributed by atoms with van der Waals surface area (Å²) in [6.07, 6.45) is 18.3. The minimum atomic E-state index is 0.181. The fourth-order valence-electron chi connectivity index (χ4n) is 9.42. The zero-order valence-corrected chi connectivity index (χ0v) is 19.1. The van der Waals surface area contributed by atoms with Crippen molar-refractivity contribution in [1.82, 2.24) is 0 Å². The zero-order valence-electron chi connectivity index (χ0n) is 19.1. The molecular formula is C27H44O2. The van der Waals surface area contributed by atoms with E-state index in [0.717, 1.165) is 23.7 Å². The van der Waals surface area contributed by atoms with Crippen LogP contribution in [-0.4, -0.2) is 23.4 Å². The maximum Gasteiger partial charge on any atom is 0.0490 e. The van der Waals surface area contributed by atoms with E-state index in [1.807, 2.05) is 0 Å². The molecule has 2 N–H and O–H groups in total. The molecule has 0 aromatic heterocycles. The second-order valence-electron chi connectivity index (χ2n) is 12.9. The van der Waals surface area contributed by atoms with Gasteiger partial charge in [-0.1, -0.05) is 39.3 Å². The fourth-order valence-corrected chi connectivity index (χ4v) is 9.42. The quantitative estimate of drug-likeness (QED) is 0.573. The van der Waals surface area contributed by atoms with E-state index in [0.29, 0.717) is 41.8 Å². The van der Waals surface area contributed by atoms with Gasteiger partial charge in [-0.3, -0.25) is 0 Å². The van der Waals surface area contributed by atoms with Gasteiger partial charge in [0.05, 0.1) is 0 Å². The highest BCUT2D eigenvalue weighted by Crippen LogP contribution is 2.68. The van der Waals surface area contributed by atoms with Crippen molar-refractivity contribution in [3.63, 3.8) is 0 Å². The van der Waals surface area contributed by atoms with Gasteiger partial charge in [0.25, 0.3) is 0 Å². The summed E-state index contributed by atoms with van der Waals surface area (Å²) < 4.78 is 0. The first kappa shape index (κ1) is 20.6. The van der Waals surface area contributed by atoms with Crippen LogP contribution in [0.1, 0.15) is 85.0 Å². The first-order valence-corrected chi connectivity index (χ1v) is 12.7. The average molecular weight is 401 g/mol. The van der Waals surface area contributed by atoms with Crippen molar-refractivity contribution >= 4 is 0 Å². The van der Waals surface area contributed by atoms with Crippen LogP contribution in [-0.2, 0) is 0 Å². The van der Waals surface area contributed by atoms with Crippen LogP contribution in [0.3, 0.4) is 0 Å². The Kier molecular flexibility index (Phi) is 5.03. The summed E-state index contributed by atoms with van der Waals surface area (Å²) in [4.78, 5) is 0. The lowest BCUT2D eigenvalue weighted by Gasteiger charge is -2.65. The predicted molar refractivity (Wildman–Crippen MR) is 118 cm³/mol. The topological polar surface area (TPSA) is 40.5 Å². The van der Waals surface area contributed by atoms with E-state index in [1.165, 1.54) is 64.2 Å². The van der Waals surface area contributed by atoms with E-state index < -0.39 is 0 Å². The largest absolute Gasteiger partial charge is 0.396 e. The van der Waals surface area contributed by atoms with Gasteiger partial charge in [0, 0.05) is 13.2 Å². The third kappa shape index (κ3) is 3.02. The van der Waals surface area contributed by atoms with Crippen LogP contribution in [0.25, 0.3) is 0 Å². The van der Waals surface area contributed by atoms with Crippen molar-refractivity contribution in [2.75, 3.05) is 13.2 Å². The highest BCUT2D eigenvalue weighted by Gasteiger charge is 2.61. The van der Waals surface area contributed by atoms with Gasteiger partial charge in [-0.15, -0.1) is 0 Å². The van der Waals surface area contributed by atoms with E-state index in [4.69, 9.17) is 0 Å². The van der Waals surface area contributed by atoms with Crippen LogP contribution in [0.15, 0.2) is 12.2 Å².